The third-order valence-electron chi connectivity index (χ3n) is 6.78. The van der Waals surface area contributed by atoms with Crippen LogP contribution in [0.2, 0.25) is 0 Å². The molecule has 0 bridgehead atoms. The maximum absolute atomic E-state index is 11.7. The van der Waals surface area contributed by atoms with Gasteiger partial charge >= 0.3 is 5.97 Å². The van der Waals surface area contributed by atoms with Gasteiger partial charge in [0.25, 0.3) is 0 Å². The van der Waals surface area contributed by atoms with Crippen molar-refractivity contribution in [2.24, 2.45) is 0 Å². The zero-order chi connectivity index (χ0) is 22.6. The van der Waals surface area contributed by atoms with E-state index in [9.17, 15) is 4.79 Å². The molecule has 31 heavy (non-hydrogen) atoms. The molecule has 0 heterocycles. The van der Waals surface area contributed by atoms with Crippen LogP contribution in [-0.4, -0.2) is 13.1 Å². The smallest absolute Gasteiger partial charge is 0.337 e. The Bertz CT molecular complexity index is 974. The van der Waals surface area contributed by atoms with E-state index in [0.29, 0.717) is 11.5 Å². The van der Waals surface area contributed by atoms with Gasteiger partial charge in [-0.1, -0.05) is 82.3 Å². The van der Waals surface area contributed by atoms with Crippen LogP contribution in [0.25, 0.3) is 6.08 Å². The summed E-state index contributed by atoms with van der Waals surface area (Å²) in [6, 6.07) is 14.7. The maximum atomic E-state index is 11.7. The lowest BCUT2D eigenvalue weighted by atomic mass is 9.62. The third-order valence-corrected chi connectivity index (χ3v) is 6.78. The Kier molecular flexibility index (Phi) is 6.89. The van der Waals surface area contributed by atoms with E-state index in [0.717, 1.165) is 12.0 Å². The fraction of sp³-hybridized carbons (Fsp3) is 0.414. The Morgan fingerprint density at radius 1 is 1.00 bits per heavy atom. The molecule has 0 aliphatic heterocycles. The molecule has 1 unspecified atom stereocenters. The van der Waals surface area contributed by atoms with Crippen LogP contribution in [0.4, 0.5) is 0 Å². The normalized spacial score (nSPS) is 18.1. The van der Waals surface area contributed by atoms with Crippen molar-refractivity contribution in [2.45, 2.75) is 70.6 Å². The minimum atomic E-state index is -0.305. The Labute approximate surface area is 188 Å². The van der Waals surface area contributed by atoms with E-state index in [4.69, 9.17) is 4.74 Å². The van der Waals surface area contributed by atoms with E-state index in [-0.39, 0.29) is 16.8 Å². The summed E-state index contributed by atoms with van der Waals surface area (Å²) < 4.78 is 4.79. The average molecular weight is 417 g/mol. The number of carbonyl (C=O) groups excluding carboxylic acids is 1. The Morgan fingerprint density at radius 2 is 1.65 bits per heavy atom. The Balaban J connectivity index is 1.93. The lowest BCUT2D eigenvalue weighted by Crippen LogP contribution is -2.33. The number of carbonyl (C=O) groups is 1. The molecule has 1 atom stereocenters. The number of benzene rings is 2. The minimum absolute atomic E-state index is 0.208. The van der Waals surface area contributed by atoms with Gasteiger partial charge in [0.05, 0.1) is 12.7 Å². The molecule has 2 aromatic rings. The quantitative estimate of drug-likeness (QED) is 0.358. The molecule has 1 aliphatic rings. The highest BCUT2D eigenvalue weighted by molar-refractivity contribution is 5.89. The molecule has 0 spiro atoms. The van der Waals surface area contributed by atoms with Crippen molar-refractivity contribution in [1.29, 1.82) is 0 Å². The molecular weight excluding hydrogens is 380 g/mol. The van der Waals surface area contributed by atoms with Crippen LogP contribution < -0.4 is 0 Å². The second kappa shape index (κ2) is 9.26. The van der Waals surface area contributed by atoms with Gasteiger partial charge in [0.15, 0.2) is 0 Å². The standard InChI is InChI=1S/C29H36O2/c1-7-8-9-22(13-10-21-11-14-23(15-12-21)27(30)31-6)24-16-17-25-26(20-24)29(4,5)19-18-28(25,2)3/h7-8,10-17,20,22H,9,18-19H2,1-6H3/b8-7+,13-10+. The molecule has 0 N–H and O–H groups in total. The van der Waals surface area contributed by atoms with Gasteiger partial charge in [0.2, 0.25) is 0 Å². The number of rotatable bonds is 6. The van der Waals surface area contributed by atoms with Crippen molar-refractivity contribution in [3.8, 4) is 0 Å². The van der Waals surface area contributed by atoms with E-state index >= 15 is 0 Å². The Hall–Kier alpha value is -2.61. The molecule has 164 valence electrons. The van der Waals surface area contributed by atoms with Crippen LogP contribution in [-0.2, 0) is 15.6 Å². The second-order valence-corrected chi connectivity index (χ2v) is 9.96. The van der Waals surface area contributed by atoms with Crippen LogP contribution >= 0.6 is 0 Å². The van der Waals surface area contributed by atoms with Crippen molar-refractivity contribution >= 4 is 12.0 Å². The number of allylic oxidation sites excluding steroid dienone is 3. The lowest BCUT2D eigenvalue weighted by molar-refractivity contribution is 0.0600. The van der Waals surface area contributed by atoms with Crippen LogP contribution in [0.1, 0.15) is 92.4 Å². The number of esters is 1. The molecule has 0 saturated carbocycles. The van der Waals surface area contributed by atoms with Gasteiger partial charge in [-0.05, 0) is 71.4 Å². The molecule has 1 aliphatic carbocycles. The number of hydrogen-bond donors (Lipinski definition) is 0. The molecule has 0 saturated heterocycles. The molecule has 2 heteroatoms. The topological polar surface area (TPSA) is 26.3 Å². The molecule has 0 radical (unpaired) electrons. The van der Waals surface area contributed by atoms with Crippen LogP contribution in [0.5, 0.6) is 0 Å². The average Bonchev–Trinajstić information content (AvgIpc) is 2.76. The van der Waals surface area contributed by atoms with E-state index in [1.54, 1.807) is 0 Å². The molecule has 0 aromatic heterocycles. The molecule has 2 nitrogen and oxygen atoms in total. The van der Waals surface area contributed by atoms with E-state index in [1.807, 2.05) is 24.3 Å². The van der Waals surface area contributed by atoms with Crippen molar-refractivity contribution in [1.82, 2.24) is 0 Å². The van der Waals surface area contributed by atoms with Crippen molar-refractivity contribution in [3.63, 3.8) is 0 Å². The zero-order valence-corrected chi connectivity index (χ0v) is 19.9. The van der Waals surface area contributed by atoms with Gasteiger partial charge in [0, 0.05) is 5.92 Å². The van der Waals surface area contributed by atoms with Crippen molar-refractivity contribution < 1.29 is 9.53 Å². The van der Waals surface area contributed by atoms with Crippen LogP contribution in [0.3, 0.4) is 0 Å². The summed E-state index contributed by atoms with van der Waals surface area (Å²) in [5.74, 6) is 0.00343. The van der Waals surface area contributed by atoms with E-state index in [1.165, 1.54) is 36.6 Å². The van der Waals surface area contributed by atoms with Crippen LogP contribution in [0, 0.1) is 0 Å². The summed E-state index contributed by atoms with van der Waals surface area (Å²) in [6.45, 7) is 11.6. The first-order chi connectivity index (χ1) is 14.7. The van der Waals surface area contributed by atoms with Gasteiger partial charge in [-0.2, -0.15) is 0 Å². The van der Waals surface area contributed by atoms with Crippen molar-refractivity contribution in [3.05, 3.63) is 88.5 Å². The Morgan fingerprint density at radius 3 is 2.26 bits per heavy atom. The SMILES string of the molecule is C/C=C/CC(/C=C/c1ccc(C(=O)OC)cc1)c1ccc2c(c1)C(C)(C)CCC2(C)C. The molecule has 0 fully saturated rings. The molecule has 3 rings (SSSR count). The summed E-state index contributed by atoms with van der Waals surface area (Å²) in [4.78, 5) is 11.7. The maximum Gasteiger partial charge on any atom is 0.337 e. The number of methoxy groups -OCH3 is 1. The van der Waals surface area contributed by atoms with Gasteiger partial charge in [0.1, 0.15) is 0 Å². The highest BCUT2D eigenvalue weighted by atomic mass is 16.5. The zero-order valence-electron chi connectivity index (χ0n) is 19.9. The number of hydrogen-bond acceptors (Lipinski definition) is 2. The van der Waals surface area contributed by atoms with Gasteiger partial charge < -0.3 is 4.74 Å². The van der Waals surface area contributed by atoms with E-state index in [2.05, 4.69) is 77.1 Å². The second-order valence-electron chi connectivity index (χ2n) is 9.96. The highest BCUT2D eigenvalue weighted by Gasteiger charge is 2.37. The third kappa shape index (κ3) is 5.18. The predicted molar refractivity (Wildman–Crippen MR) is 131 cm³/mol. The van der Waals surface area contributed by atoms with Gasteiger partial charge in [-0.15, -0.1) is 0 Å². The fourth-order valence-corrected chi connectivity index (χ4v) is 4.52. The summed E-state index contributed by atoms with van der Waals surface area (Å²) >= 11 is 0. The summed E-state index contributed by atoms with van der Waals surface area (Å²) in [5, 5.41) is 0. The predicted octanol–water partition coefficient (Wildman–Crippen LogP) is 7.59. The molecule has 2 aromatic carbocycles. The number of fused-ring (bicyclic) bond motifs is 1. The summed E-state index contributed by atoms with van der Waals surface area (Å²) in [7, 11) is 1.41. The van der Waals surface area contributed by atoms with Crippen LogP contribution in [0.15, 0.2) is 60.7 Å². The first-order valence-electron chi connectivity index (χ1n) is 11.3. The largest absolute Gasteiger partial charge is 0.465 e. The highest BCUT2D eigenvalue weighted by Crippen LogP contribution is 2.46. The lowest BCUT2D eigenvalue weighted by Gasteiger charge is -2.42. The van der Waals surface area contributed by atoms with Gasteiger partial charge in [-0.25, -0.2) is 4.79 Å². The monoisotopic (exact) mass is 416 g/mol. The fourth-order valence-electron chi connectivity index (χ4n) is 4.52. The first-order valence-corrected chi connectivity index (χ1v) is 11.3. The minimum Gasteiger partial charge on any atom is -0.465 e. The molecule has 0 amide bonds. The van der Waals surface area contributed by atoms with Gasteiger partial charge in [-0.3, -0.25) is 0 Å². The summed E-state index contributed by atoms with van der Waals surface area (Å²) in [6.07, 6.45) is 12.2. The summed E-state index contributed by atoms with van der Waals surface area (Å²) in [5.41, 5.74) is 6.47. The number of ether oxygens (including phenoxy) is 1. The molecular formula is C29H36O2. The first kappa shape index (κ1) is 23.1. The van der Waals surface area contributed by atoms with Crippen molar-refractivity contribution in [2.75, 3.05) is 7.11 Å². The van der Waals surface area contributed by atoms with E-state index < -0.39 is 0 Å².